The number of amides is 1. The summed E-state index contributed by atoms with van der Waals surface area (Å²) in [6.45, 7) is 3.12. The molecule has 0 aliphatic heterocycles. The van der Waals surface area contributed by atoms with E-state index in [9.17, 15) is 19.2 Å². The average molecular weight is 387 g/mol. The Morgan fingerprint density at radius 2 is 1.89 bits per heavy atom. The van der Waals surface area contributed by atoms with Gasteiger partial charge in [0.2, 0.25) is 0 Å². The largest absolute Gasteiger partial charge is 0.451 e. The smallest absolute Gasteiger partial charge is 0.328 e. The Bertz CT molecular complexity index is 993. The van der Waals surface area contributed by atoms with Crippen LogP contribution in [-0.2, 0) is 20.9 Å². The summed E-state index contributed by atoms with van der Waals surface area (Å²) >= 11 is 0. The summed E-state index contributed by atoms with van der Waals surface area (Å²) < 4.78 is 6.07. The first kappa shape index (κ1) is 19.9. The fourth-order valence-corrected chi connectivity index (χ4v) is 3.61. The van der Waals surface area contributed by atoms with Crippen LogP contribution in [0, 0.1) is 5.92 Å². The first-order chi connectivity index (χ1) is 13.4. The van der Waals surface area contributed by atoms with Crippen molar-refractivity contribution in [1.29, 1.82) is 0 Å². The summed E-state index contributed by atoms with van der Waals surface area (Å²) in [5, 5.41) is 5.79. The van der Waals surface area contributed by atoms with Crippen molar-refractivity contribution in [1.82, 2.24) is 15.1 Å². The lowest BCUT2D eigenvalue weighted by Gasteiger charge is -2.30. The molecule has 1 aromatic carbocycles. The van der Waals surface area contributed by atoms with Crippen LogP contribution in [0.5, 0.6) is 0 Å². The fourth-order valence-electron chi connectivity index (χ4n) is 3.61. The molecule has 2 aromatic rings. The molecular weight excluding hydrogens is 362 g/mol. The zero-order valence-corrected chi connectivity index (χ0v) is 16.1. The molecule has 3 rings (SSSR count). The number of esters is 1. The molecule has 0 unspecified atom stereocenters. The molecule has 150 valence electrons. The number of benzene rings is 1. The predicted molar refractivity (Wildman–Crippen MR) is 104 cm³/mol. The third kappa shape index (κ3) is 4.32. The van der Waals surface area contributed by atoms with E-state index in [2.05, 4.69) is 17.3 Å². The van der Waals surface area contributed by atoms with E-state index >= 15 is 0 Å². The lowest BCUT2D eigenvalue weighted by atomic mass is 9.86. The number of hydrogen-bond donors (Lipinski definition) is 2. The number of H-pyrrole nitrogens is 1. The molecular formula is C20H25N3O5. The molecule has 0 spiro atoms. The number of aromatic amines is 1. The van der Waals surface area contributed by atoms with Gasteiger partial charge in [0.25, 0.3) is 17.0 Å². The number of nitrogens with one attached hydrogen (secondary N) is 2. The van der Waals surface area contributed by atoms with Crippen LogP contribution < -0.4 is 16.4 Å². The van der Waals surface area contributed by atoms with Crippen LogP contribution in [0.4, 0.5) is 0 Å². The lowest BCUT2D eigenvalue weighted by molar-refractivity contribution is -0.156. The number of hydrogen-bond acceptors (Lipinski definition) is 5. The van der Waals surface area contributed by atoms with Gasteiger partial charge in [0.05, 0.1) is 10.8 Å². The van der Waals surface area contributed by atoms with E-state index in [0.29, 0.717) is 5.92 Å². The van der Waals surface area contributed by atoms with Crippen LogP contribution in [0.1, 0.15) is 39.5 Å². The summed E-state index contributed by atoms with van der Waals surface area (Å²) in [6.07, 6.45) is 3.24. The van der Waals surface area contributed by atoms with Crippen molar-refractivity contribution in [2.24, 2.45) is 5.92 Å². The molecule has 3 atom stereocenters. The van der Waals surface area contributed by atoms with Gasteiger partial charge in [-0.25, -0.2) is 4.68 Å². The van der Waals surface area contributed by atoms with Crippen LogP contribution in [-0.4, -0.2) is 33.8 Å². The quantitative estimate of drug-likeness (QED) is 0.752. The topological polar surface area (TPSA) is 110 Å². The second kappa shape index (κ2) is 8.41. The fraction of sp³-hybridized carbons (Fsp3) is 0.500. The SMILES string of the molecule is C[C@@H]1CCCC[C@@H]1NC(=O)[C@@H](C)OC(=O)Cn1[nH]c(=O)c2ccccc2c1=O. The van der Waals surface area contributed by atoms with E-state index in [1.54, 1.807) is 12.1 Å². The van der Waals surface area contributed by atoms with E-state index in [1.165, 1.54) is 19.1 Å². The molecule has 1 heterocycles. The number of nitrogens with zero attached hydrogens (tertiary/aromatic N) is 1. The van der Waals surface area contributed by atoms with E-state index in [0.717, 1.165) is 30.4 Å². The number of aromatic nitrogens is 2. The molecule has 1 amide bonds. The standard InChI is InChI=1S/C20H25N3O5/c1-12-7-3-6-10-16(12)21-18(25)13(2)28-17(24)11-23-20(27)15-9-5-4-8-14(15)19(26)22-23/h4-5,8-9,12-13,16H,3,6-7,10-11H2,1-2H3,(H,21,25)(H,22,26)/t12-,13-,16+/m1/s1. The summed E-state index contributed by atoms with van der Waals surface area (Å²) in [4.78, 5) is 49.1. The third-order valence-corrected chi connectivity index (χ3v) is 5.29. The molecule has 2 N–H and O–H groups in total. The van der Waals surface area contributed by atoms with Crippen LogP contribution in [0.3, 0.4) is 0 Å². The van der Waals surface area contributed by atoms with Crippen molar-refractivity contribution >= 4 is 22.6 Å². The van der Waals surface area contributed by atoms with Gasteiger partial charge in [-0.15, -0.1) is 0 Å². The second-order valence-corrected chi connectivity index (χ2v) is 7.39. The van der Waals surface area contributed by atoms with E-state index < -0.39 is 29.7 Å². The Morgan fingerprint density at radius 3 is 2.61 bits per heavy atom. The Labute approximate surface area is 161 Å². The van der Waals surface area contributed by atoms with Gasteiger partial charge in [-0.3, -0.25) is 24.3 Å². The minimum absolute atomic E-state index is 0.0851. The van der Waals surface area contributed by atoms with Gasteiger partial charge >= 0.3 is 5.97 Å². The van der Waals surface area contributed by atoms with Crippen LogP contribution in [0.2, 0.25) is 0 Å². The van der Waals surface area contributed by atoms with Crippen molar-refractivity contribution in [2.45, 2.75) is 58.2 Å². The Morgan fingerprint density at radius 1 is 1.21 bits per heavy atom. The minimum atomic E-state index is -0.982. The molecule has 1 aromatic heterocycles. The number of fused-ring (bicyclic) bond motifs is 1. The van der Waals surface area contributed by atoms with Crippen LogP contribution >= 0.6 is 0 Å². The number of carbonyl (C=O) groups excluding carboxylic acids is 2. The number of rotatable bonds is 5. The number of carbonyl (C=O) groups is 2. The Hall–Kier alpha value is -2.90. The van der Waals surface area contributed by atoms with Gasteiger partial charge in [-0.1, -0.05) is 31.9 Å². The number of ether oxygens (including phenoxy) is 1. The van der Waals surface area contributed by atoms with E-state index in [-0.39, 0.29) is 22.7 Å². The maximum atomic E-state index is 12.4. The normalized spacial score (nSPS) is 20.5. The highest BCUT2D eigenvalue weighted by Crippen LogP contribution is 2.23. The maximum absolute atomic E-state index is 12.4. The zero-order valence-electron chi connectivity index (χ0n) is 16.1. The highest BCUT2D eigenvalue weighted by atomic mass is 16.5. The Kier molecular flexibility index (Phi) is 5.96. The van der Waals surface area contributed by atoms with Crippen molar-refractivity contribution in [3.63, 3.8) is 0 Å². The molecule has 1 aliphatic rings. The summed E-state index contributed by atoms with van der Waals surface area (Å²) in [5.41, 5.74) is -0.972. The first-order valence-corrected chi connectivity index (χ1v) is 9.58. The van der Waals surface area contributed by atoms with E-state index in [4.69, 9.17) is 4.74 Å². The van der Waals surface area contributed by atoms with Crippen LogP contribution in [0.25, 0.3) is 10.8 Å². The molecule has 0 radical (unpaired) electrons. The van der Waals surface area contributed by atoms with Gasteiger partial charge in [-0.05, 0) is 37.8 Å². The van der Waals surface area contributed by atoms with Gasteiger partial charge in [0, 0.05) is 6.04 Å². The highest BCUT2D eigenvalue weighted by Gasteiger charge is 2.26. The van der Waals surface area contributed by atoms with E-state index in [1.807, 2.05) is 0 Å². The van der Waals surface area contributed by atoms with Gasteiger partial charge in [0.15, 0.2) is 6.10 Å². The monoisotopic (exact) mass is 387 g/mol. The van der Waals surface area contributed by atoms with Crippen molar-refractivity contribution in [2.75, 3.05) is 0 Å². The average Bonchev–Trinajstić information content (AvgIpc) is 2.67. The lowest BCUT2D eigenvalue weighted by Crippen LogP contribution is -2.46. The van der Waals surface area contributed by atoms with Gasteiger partial charge in [-0.2, -0.15) is 0 Å². The molecule has 0 bridgehead atoms. The third-order valence-electron chi connectivity index (χ3n) is 5.29. The molecule has 8 heteroatoms. The van der Waals surface area contributed by atoms with Crippen molar-refractivity contribution in [3.8, 4) is 0 Å². The molecule has 1 saturated carbocycles. The second-order valence-electron chi connectivity index (χ2n) is 7.39. The zero-order chi connectivity index (χ0) is 20.3. The highest BCUT2D eigenvalue weighted by molar-refractivity contribution is 5.84. The molecule has 28 heavy (non-hydrogen) atoms. The van der Waals surface area contributed by atoms with Crippen molar-refractivity contribution < 1.29 is 14.3 Å². The molecule has 8 nitrogen and oxygen atoms in total. The van der Waals surface area contributed by atoms with Gasteiger partial charge in [0.1, 0.15) is 6.54 Å². The molecule has 1 fully saturated rings. The minimum Gasteiger partial charge on any atom is -0.451 e. The Balaban J connectivity index is 1.64. The maximum Gasteiger partial charge on any atom is 0.328 e. The summed E-state index contributed by atoms with van der Waals surface area (Å²) in [7, 11) is 0. The predicted octanol–water partition coefficient (Wildman–Crippen LogP) is 1.32. The molecule has 1 aliphatic carbocycles. The summed E-state index contributed by atoms with van der Waals surface area (Å²) in [5.74, 6) is -0.735. The van der Waals surface area contributed by atoms with Crippen molar-refractivity contribution in [3.05, 3.63) is 45.0 Å². The first-order valence-electron chi connectivity index (χ1n) is 9.58. The van der Waals surface area contributed by atoms with Gasteiger partial charge < -0.3 is 10.1 Å². The van der Waals surface area contributed by atoms with Crippen LogP contribution in [0.15, 0.2) is 33.9 Å². The summed E-state index contributed by atoms with van der Waals surface area (Å²) in [6, 6.07) is 6.45. The molecule has 0 saturated heterocycles.